The lowest BCUT2D eigenvalue weighted by molar-refractivity contribution is 0.423. The van der Waals surface area contributed by atoms with Gasteiger partial charge in [0.1, 0.15) is 0 Å². The number of allylic oxidation sites excluding steroid dienone is 4. The van der Waals surface area contributed by atoms with E-state index in [4.69, 9.17) is 6.58 Å². The maximum absolute atomic E-state index is 5.18. The minimum Gasteiger partial charge on any atom is -0.310 e. The van der Waals surface area contributed by atoms with Gasteiger partial charge in [0.2, 0.25) is 0 Å². The van der Waals surface area contributed by atoms with E-state index in [-0.39, 0.29) is 5.41 Å². The summed E-state index contributed by atoms with van der Waals surface area (Å²) in [6.45, 7) is 9.85. The van der Waals surface area contributed by atoms with Gasteiger partial charge in [-0.05, 0) is 153 Å². The van der Waals surface area contributed by atoms with Gasteiger partial charge in [-0.15, -0.1) is 0 Å². The van der Waals surface area contributed by atoms with Gasteiger partial charge in [0.25, 0.3) is 0 Å². The van der Waals surface area contributed by atoms with E-state index in [0.29, 0.717) is 0 Å². The van der Waals surface area contributed by atoms with E-state index >= 15 is 0 Å². The monoisotopic (exact) mass is 902 g/mol. The second-order valence-electron chi connectivity index (χ2n) is 18.8. The molecule has 9 aromatic carbocycles. The summed E-state index contributed by atoms with van der Waals surface area (Å²) in [5.41, 5.74) is 19.7. The molecule has 0 aliphatic heterocycles. The van der Waals surface area contributed by atoms with Crippen LogP contribution in [-0.2, 0) is 11.8 Å². The van der Waals surface area contributed by atoms with Gasteiger partial charge in [-0.3, -0.25) is 0 Å². The number of fused-ring (bicyclic) bond motifs is 4. The maximum Gasteiger partial charge on any atom is 0.0541 e. The van der Waals surface area contributed by atoms with Crippen molar-refractivity contribution < 1.29 is 0 Å². The third-order valence-corrected chi connectivity index (χ3v) is 14.4. The van der Waals surface area contributed by atoms with Crippen LogP contribution in [0.3, 0.4) is 0 Å². The average molecular weight is 903 g/mol. The van der Waals surface area contributed by atoms with Gasteiger partial charge in [-0.1, -0.05) is 203 Å². The molecule has 0 fully saturated rings. The Balaban J connectivity index is 1.16. The second kappa shape index (κ2) is 19.4. The third-order valence-electron chi connectivity index (χ3n) is 14.4. The first kappa shape index (κ1) is 44.3. The Bertz CT molecular complexity index is 3240. The second-order valence-corrected chi connectivity index (χ2v) is 18.8. The van der Waals surface area contributed by atoms with Crippen LogP contribution in [0.5, 0.6) is 0 Å². The van der Waals surface area contributed by atoms with E-state index in [9.17, 15) is 0 Å². The summed E-state index contributed by atoms with van der Waals surface area (Å²) in [6.07, 6.45) is 12.0. The first-order chi connectivity index (χ1) is 34.5. The molecule has 0 amide bonds. The molecule has 0 radical (unpaired) electrons. The summed E-state index contributed by atoms with van der Waals surface area (Å²) < 4.78 is 2.47. The van der Waals surface area contributed by atoms with Crippen LogP contribution in [0.1, 0.15) is 50.7 Å². The summed E-state index contributed by atoms with van der Waals surface area (Å²) in [6, 6.07) is 82.3. The summed E-state index contributed by atoms with van der Waals surface area (Å²) in [5, 5.41) is 2.54. The highest BCUT2D eigenvalue weighted by atomic mass is 15.1. The zero-order chi connectivity index (χ0) is 47.4. The molecule has 2 nitrogen and oxygen atoms in total. The molecule has 2 heteroatoms. The first-order valence-corrected chi connectivity index (χ1v) is 25.0. The quantitative estimate of drug-likeness (QED) is 0.119. The van der Waals surface area contributed by atoms with Crippen LogP contribution in [0.15, 0.2) is 261 Å². The standard InChI is InChI=1S/C68H58N2/c1-4-39-68(40-5-2)49(3)41-59(32-22-31-54-37-38-60(48-65(54)68)70-66-35-20-18-33-63(66)64-34-19-21-36-67(64)70)69(61-44-55(50-23-10-6-11-24-50)42-56(45-61)51-25-12-7-13-26-51)62-46-57(52-27-14-8-15-28-52)43-58(47-62)53-29-16-9-17-30-53/h6-30,32-38,41-48H,3-5,31,39-40H2,1-2H3/b32-22-,59-41+. The Morgan fingerprint density at radius 1 is 0.457 bits per heavy atom. The number of nitrogens with zero attached hydrogens (tertiary/aromatic N) is 2. The van der Waals surface area contributed by atoms with E-state index in [1.807, 2.05) is 0 Å². The van der Waals surface area contributed by atoms with E-state index in [0.717, 1.165) is 77.0 Å². The Kier molecular flexibility index (Phi) is 12.3. The first-order valence-electron chi connectivity index (χ1n) is 25.0. The minimum atomic E-state index is -0.321. The molecule has 11 rings (SSSR count). The van der Waals surface area contributed by atoms with Gasteiger partial charge < -0.3 is 9.47 Å². The zero-order valence-corrected chi connectivity index (χ0v) is 40.2. The van der Waals surface area contributed by atoms with Crippen LogP contribution in [0, 0.1) is 0 Å². The number of benzene rings is 9. The highest BCUT2D eigenvalue weighted by molar-refractivity contribution is 6.09. The lowest BCUT2D eigenvalue weighted by atomic mass is 9.66. The van der Waals surface area contributed by atoms with E-state index < -0.39 is 0 Å². The van der Waals surface area contributed by atoms with Gasteiger partial charge in [0.15, 0.2) is 0 Å². The lowest BCUT2D eigenvalue weighted by Crippen LogP contribution is -2.30. The van der Waals surface area contributed by atoms with Crippen molar-refractivity contribution in [1.82, 2.24) is 4.57 Å². The zero-order valence-electron chi connectivity index (χ0n) is 40.2. The summed E-state index contributed by atoms with van der Waals surface area (Å²) in [7, 11) is 0. The number of anilines is 2. The molecule has 1 aliphatic carbocycles. The molecule has 10 aromatic rings. The number of rotatable bonds is 12. The van der Waals surface area contributed by atoms with Crippen LogP contribution in [0.4, 0.5) is 11.4 Å². The van der Waals surface area contributed by atoms with Crippen molar-refractivity contribution in [2.75, 3.05) is 4.90 Å². The van der Waals surface area contributed by atoms with Crippen molar-refractivity contribution in [3.8, 4) is 50.2 Å². The van der Waals surface area contributed by atoms with Gasteiger partial charge in [0, 0.05) is 38.9 Å². The Morgan fingerprint density at radius 3 is 1.30 bits per heavy atom. The van der Waals surface area contributed by atoms with Crippen LogP contribution >= 0.6 is 0 Å². The fraction of sp³-hybridized carbons (Fsp3) is 0.118. The molecule has 0 N–H and O–H groups in total. The van der Waals surface area contributed by atoms with Crippen molar-refractivity contribution in [2.24, 2.45) is 0 Å². The number of para-hydroxylation sites is 2. The molecule has 340 valence electrons. The molecular formula is C68H58N2. The molecule has 0 saturated heterocycles. The number of hydrogen-bond acceptors (Lipinski definition) is 1. The Labute approximate surface area is 413 Å². The van der Waals surface area contributed by atoms with Crippen molar-refractivity contribution in [3.05, 3.63) is 272 Å². The number of aromatic nitrogens is 1. The number of hydrogen-bond donors (Lipinski definition) is 0. The molecule has 0 atom stereocenters. The minimum absolute atomic E-state index is 0.321. The summed E-state index contributed by atoms with van der Waals surface area (Å²) >= 11 is 0. The molecular weight excluding hydrogens is 845 g/mol. The van der Waals surface area contributed by atoms with Gasteiger partial charge in [-0.25, -0.2) is 0 Å². The predicted octanol–water partition coefficient (Wildman–Crippen LogP) is 18.7. The normalized spacial score (nSPS) is 14.5. The molecule has 1 aromatic heterocycles. The molecule has 1 aliphatic rings. The van der Waals surface area contributed by atoms with Gasteiger partial charge >= 0.3 is 0 Å². The molecule has 70 heavy (non-hydrogen) atoms. The Hall–Kier alpha value is -8.20. The van der Waals surface area contributed by atoms with Crippen LogP contribution in [-0.4, -0.2) is 4.57 Å². The van der Waals surface area contributed by atoms with Crippen molar-refractivity contribution in [3.63, 3.8) is 0 Å². The third kappa shape index (κ3) is 8.41. The van der Waals surface area contributed by atoms with Crippen molar-refractivity contribution in [2.45, 2.75) is 51.4 Å². The van der Waals surface area contributed by atoms with Crippen LogP contribution in [0.2, 0.25) is 0 Å². The topological polar surface area (TPSA) is 8.17 Å². The van der Waals surface area contributed by atoms with Gasteiger partial charge in [-0.2, -0.15) is 0 Å². The van der Waals surface area contributed by atoms with E-state index in [1.54, 1.807) is 0 Å². The fourth-order valence-electron chi connectivity index (χ4n) is 11.2. The lowest BCUT2D eigenvalue weighted by Gasteiger charge is -2.38. The Morgan fingerprint density at radius 2 is 0.871 bits per heavy atom. The van der Waals surface area contributed by atoms with E-state index in [2.05, 4.69) is 266 Å². The maximum atomic E-state index is 5.18. The molecule has 0 unspecified atom stereocenters. The fourth-order valence-corrected chi connectivity index (χ4v) is 11.2. The summed E-state index contributed by atoms with van der Waals surface area (Å²) in [5.74, 6) is 0. The molecule has 0 spiro atoms. The largest absolute Gasteiger partial charge is 0.310 e. The van der Waals surface area contributed by atoms with Crippen molar-refractivity contribution >= 4 is 33.2 Å². The molecule has 0 saturated carbocycles. The highest BCUT2D eigenvalue weighted by Crippen LogP contribution is 2.48. The average Bonchev–Trinajstić information content (AvgIpc) is 3.77. The highest BCUT2D eigenvalue weighted by Gasteiger charge is 2.36. The van der Waals surface area contributed by atoms with Gasteiger partial charge in [0.05, 0.1) is 11.0 Å². The van der Waals surface area contributed by atoms with Crippen LogP contribution in [0.25, 0.3) is 72.0 Å². The molecule has 0 bridgehead atoms. The van der Waals surface area contributed by atoms with Crippen molar-refractivity contribution in [1.29, 1.82) is 0 Å². The SMILES string of the molecule is C=C1/C=C(N(c2cc(-c3ccccc3)cc(-c3ccccc3)c2)c2cc(-c3ccccc3)cc(-c3ccccc3)c2)\C=C/Cc2ccc(-n3c4ccccc4c4ccccc43)cc2C1(CCC)CCC. The summed E-state index contributed by atoms with van der Waals surface area (Å²) in [4.78, 5) is 2.50. The molecule has 1 heterocycles. The van der Waals surface area contributed by atoms with Crippen LogP contribution < -0.4 is 4.90 Å². The van der Waals surface area contributed by atoms with E-state index in [1.165, 1.54) is 60.9 Å². The predicted molar refractivity (Wildman–Crippen MR) is 299 cm³/mol. The smallest absolute Gasteiger partial charge is 0.0541 e.